The first-order valence-corrected chi connectivity index (χ1v) is 7.59. The Morgan fingerprint density at radius 2 is 1.73 bits per heavy atom. The highest BCUT2D eigenvalue weighted by molar-refractivity contribution is 6.02. The molecule has 5 nitrogen and oxygen atoms in total. The van der Waals surface area contributed by atoms with Crippen LogP contribution in [0, 0.1) is 11.6 Å². The highest BCUT2D eigenvalue weighted by Gasteiger charge is 2.14. The Kier molecular flexibility index (Phi) is 4.79. The molecule has 0 saturated heterocycles. The van der Waals surface area contributed by atoms with Crippen LogP contribution in [-0.4, -0.2) is 17.0 Å². The predicted octanol–water partition coefficient (Wildman–Crippen LogP) is 4.10. The number of carboxylic acids is 1. The monoisotopic (exact) mass is 357 g/mol. The number of furan rings is 1. The summed E-state index contributed by atoms with van der Waals surface area (Å²) in [5.74, 6) is -2.95. The lowest BCUT2D eigenvalue weighted by molar-refractivity contribution is -0.136. The largest absolute Gasteiger partial charge is 0.481 e. The number of halogens is 2. The fraction of sp³-hybridized carbons (Fsp3) is 0.0526. The summed E-state index contributed by atoms with van der Waals surface area (Å²) < 4.78 is 32.0. The average molecular weight is 357 g/mol. The highest BCUT2D eigenvalue weighted by Crippen LogP contribution is 2.24. The van der Waals surface area contributed by atoms with Gasteiger partial charge in [-0.2, -0.15) is 0 Å². The molecule has 0 spiro atoms. The molecular weight excluding hydrogens is 344 g/mol. The molecule has 1 heterocycles. The van der Waals surface area contributed by atoms with E-state index in [9.17, 15) is 18.4 Å². The second-order valence-corrected chi connectivity index (χ2v) is 5.55. The standard InChI is InChI=1S/C19H13F2NO4/c20-13-8-12(9-14(21)10-13)16-4-5-17(26-16)19(25)22-15-3-1-2-11(6-15)7-18(23)24/h1-6,8-10H,7H2,(H,22,25)(H,23,24). The van der Waals surface area contributed by atoms with E-state index < -0.39 is 23.5 Å². The summed E-state index contributed by atoms with van der Waals surface area (Å²) >= 11 is 0. The zero-order valence-electron chi connectivity index (χ0n) is 13.3. The maximum Gasteiger partial charge on any atom is 0.307 e. The fourth-order valence-corrected chi connectivity index (χ4v) is 2.44. The van der Waals surface area contributed by atoms with Gasteiger partial charge in [0.15, 0.2) is 5.76 Å². The molecule has 0 unspecified atom stereocenters. The van der Waals surface area contributed by atoms with Gasteiger partial charge in [0.1, 0.15) is 17.4 Å². The summed E-state index contributed by atoms with van der Waals surface area (Å²) in [6, 6.07) is 12.2. The molecule has 0 aliphatic rings. The summed E-state index contributed by atoms with van der Waals surface area (Å²) in [5.41, 5.74) is 1.11. The number of anilines is 1. The second-order valence-electron chi connectivity index (χ2n) is 5.55. The molecule has 132 valence electrons. The van der Waals surface area contributed by atoms with E-state index in [4.69, 9.17) is 9.52 Å². The third-order valence-corrected chi connectivity index (χ3v) is 3.52. The van der Waals surface area contributed by atoms with Crippen LogP contribution in [0.4, 0.5) is 14.5 Å². The number of rotatable bonds is 5. The molecule has 1 aromatic heterocycles. The molecule has 7 heteroatoms. The minimum Gasteiger partial charge on any atom is -0.481 e. The smallest absolute Gasteiger partial charge is 0.307 e. The van der Waals surface area contributed by atoms with Crippen LogP contribution in [0.3, 0.4) is 0 Å². The van der Waals surface area contributed by atoms with Crippen LogP contribution in [0.5, 0.6) is 0 Å². The normalized spacial score (nSPS) is 10.5. The lowest BCUT2D eigenvalue weighted by Gasteiger charge is -2.05. The van der Waals surface area contributed by atoms with Gasteiger partial charge in [-0.3, -0.25) is 9.59 Å². The van der Waals surface area contributed by atoms with Gasteiger partial charge in [0, 0.05) is 17.3 Å². The minimum atomic E-state index is -0.980. The molecule has 2 aromatic carbocycles. The van der Waals surface area contributed by atoms with Gasteiger partial charge in [-0.25, -0.2) is 8.78 Å². The first-order chi connectivity index (χ1) is 12.4. The molecule has 0 radical (unpaired) electrons. The van der Waals surface area contributed by atoms with Crippen molar-refractivity contribution in [1.82, 2.24) is 0 Å². The SMILES string of the molecule is O=C(O)Cc1cccc(NC(=O)c2ccc(-c3cc(F)cc(F)c3)o2)c1. The van der Waals surface area contributed by atoms with E-state index in [0.717, 1.165) is 18.2 Å². The Bertz CT molecular complexity index is 961. The van der Waals surface area contributed by atoms with Crippen molar-refractivity contribution < 1.29 is 27.9 Å². The number of hydrogen-bond acceptors (Lipinski definition) is 3. The van der Waals surface area contributed by atoms with E-state index >= 15 is 0 Å². The van der Waals surface area contributed by atoms with Gasteiger partial charge in [0.2, 0.25) is 0 Å². The van der Waals surface area contributed by atoms with Crippen LogP contribution >= 0.6 is 0 Å². The second kappa shape index (κ2) is 7.18. The summed E-state index contributed by atoms with van der Waals surface area (Å²) in [5, 5.41) is 11.4. The maximum absolute atomic E-state index is 13.3. The predicted molar refractivity (Wildman–Crippen MR) is 89.8 cm³/mol. The van der Waals surface area contributed by atoms with E-state index in [2.05, 4.69) is 5.32 Å². The van der Waals surface area contributed by atoms with Crippen molar-refractivity contribution in [3.8, 4) is 11.3 Å². The number of hydrogen-bond donors (Lipinski definition) is 2. The molecule has 2 N–H and O–H groups in total. The molecule has 0 aliphatic carbocycles. The van der Waals surface area contributed by atoms with Crippen molar-refractivity contribution in [2.75, 3.05) is 5.32 Å². The zero-order chi connectivity index (χ0) is 18.7. The van der Waals surface area contributed by atoms with Crippen molar-refractivity contribution in [2.24, 2.45) is 0 Å². The summed E-state index contributed by atoms with van der Waals surface area (Å²) in [7, 11) is 0. The highest BCUT2D eigenvalue weighted by atomic mass is 19.1. The first-order valence-electron chi connectivity index (χ1n) is 7.59. The molecule has 1 amide bonds. The molecule has 0 aliphatic heterocycles. The van der Waals surface area contributed by atoms with Crippen molar-refractivity contribution in [3.05, 3.63) is 77.6 Å². The quantitative estimate of drug-likeness (QED) is 0.720. The van der Waals surface area contributed by atoms with E-state index in [-0.39, 0.29) is 23.5 Å². The third-order valence-electron chi connectivity index (χ3n) is 3.52. The molecule has 3 aromatic rings. The molecule has 0 saturated carbocycles. The van der Waals surface area contributed by atoms with E-state index in [1.165, 1.54) is 18.2 Å². The number of nitrogens with one attached hydrogen (secondary N) is 1. The van der Waals surface area contributed by atoms with Crippen molar-refractivity contribution in [2.45, 2.75) is 6.42 Å². The van der Waals surface area contributed by atoms with Gasteiger partial charge in [-0.15, -0.1) is 0 Å². The molecule has 3 rings (SSSR count). The first kappa shape index (κ1) is 17.3. The number of aliphatic carboxylic acids is 1. The van der Waals surface area contributed by atoms with Gasteiger partial charge in [0.25, 0.3) is 5.91 Å². The number of carbonyl (C=O) groups excluding carboxylic acids is 1. The average Bonchev–Trinajstić information content (AvgIpc) is 3.03. The van der Waals surface area contributed by atoms with Crippen LogP contribution in [0.25, 0.3) is 11.3 Å². The maximum atomic E-state index is 13.3. The van der Waals surface area contributed by atoms with Gasteiger partial charge in [0.05, 0.1) is 6.42 Å². The van der Waals surface area contributed by atoms with E-state index in [1.807, 2.05) is 0 Å². The summed E-state index contributed by atoms with van der Waals surface area (Å²) in [6.45, 7) is 0. The summed E-state index contributed by atoms with van der Waals surface area (Å²) in [4.78, 5) is 23.0. The van der Waals surface area contributed by atoms with Gasteiger partial charge in [-0.05, 0) is 42.0 Å². The van der Waals surface area contributed by atoms with Crippen molar-refractivity contribution in [3.63, 3.8) is 0 Å². The van der Waals surface area contributed by atoms with Crippen LogP contribution < -0.4 is 5.32 Å². The third kappa shape index (κ3) is 4.13. The lowest BCUT2D eigenvalue weighted by atomic mass is 10.1. The molecule has 26 heavy (non-hydrogen) atoms. The number of carbonyl (C=O) groups is 2. The number of benzene rings is 2. The van der Waals surface area contributed by atoms with E-state index in [0.29, 0.717) is 11.3 Å². The Labute approximate surface area is 146 Å². The van der Waals surface area contributed by atoms with Gasteiger partial charge < -0.3 is 14.8 Å². The number of carboxylic acid groups (broad SMARTS) is 1. The van der Waals surface area contributed by atoms with Gasteiger partial charge >= 0.3 is 5.97 Å². The lowest BCUT2D eigenvalue weighted by Crippen LogP contribution is -2.11. The van der Waals surface area contributed by atoms with Gasteiger partial charge in [-0.1, -0.05) is 12.1 Å². The Hall–Kier alpha value is -3.48. The zero-order valence-corrected chi connectivity index (χ0v) is 13.3. The van der Waals surface area contributed by atoms with Crippen molar-refractivity contribution in [1.29, 1.82) is 0 Å². The van der Waals surface area contributed by atoms with Crippen LogP contribution in [0.15, 0.2) is 59.0 Å². The number of amides is 1. The van der Waals surface area contributed by atoms with Crippen molar-refractivity contribution >= 4 is 17.6 Å². The van der Waals surface area contributed by atoms with Crippen LogP contribution in [0.1, 0.15) is 16.1 Å². The van der Waals surface area contributed by atoms with E-state index in [1.54, 1.807) is 18.2 Å². The molecular formula is C19H13F2NO4. The fourth-order valence-electron chi connectivity index (χ4n) is 2.44. The molecule has 0 bridgehead atoms. The topological polar surface area (TPSA) is 79.5 Å². The van der Waals surface area contributed by atoms with Crippen LogP contribution in [-0.2, 0) is 11.2 Å². The molecule has 0 atom stereocenters. The molecule has 0 fully saturated rings. The Balaban J connectivity index is 1.77. The minimum absolute atomic E-state index is 0.0479. The summed E-state index contributed by atoms with van der Waals surface area (Å²) in [6.07, 6.45) is -0.167. The Morgan fingerprint density at radius 1 is 1.00 bits per heavy atom. The Morgan fingerprint density at radius 3 is 2.42 bits per heavy atom. The van der Waals surface area contributed by atoms with Crippen LogP contribution in [0.2, 0.25) is 0 Å².